The number of allylic oxidation sites excluding steroid dienone is 2. The summed E-state index contributed by atoms with van der Waals surface area (Å²) >= 11 is 13.4. The molecule has 0 fully saturated rings. The summed E-state index contributed by atoms with van der Waals surface area (Å²) in [7, 11) is 0. The van der Waals surface area contributed by atoms with Crippen LogP contribution in [0.4, 0.5) is 0 Å². The minimum Gasteiger partial charge on any atom is -0.124 e. The zero-order chi connectivity index (χ0) is 8.55. The van der Waals surface area contributed by atoms with Gasteiger partial charge in [-0.2, -0.15) is 0 Å². The van der Waals surface area contributed by atoms with Crippen LogP contribution in [0.3, 0.4) is 0 Å². The highest BCUT2D eigenvalue weighted by Gasteiger charge is 2.15. The highest BCUT2D eigenvalue weighted by Crippen LogP contribution is 2.35. The van der Waals surface area contributed by atoms with Gasteiger partial charge in [0.05, 0.1) is 9.71 Å². The Bertz CT molecular complexity index is 314. The first-order valence-electron chi connectivity index (χ1n) is 3.86. The van der Waals surface area contributed by atoms with Crippen molar-refractivity contribution in [2.45, 2.75) is 18.2 Å². The molecule has 1 heterocycles. The summed E-state index contributed by atoms with van der Waals surface area (Å²) in [5.41, 5.74) is 1.35. The van der Waals surface area contributed by atoms with Crippen molar-refractivity contribution >= 4 is 40.1 Å². The second kappa shape index (κ2) is 3.41. The molecule has 1 aromatic rings. The lowest BCUT2D eigenvalue weighted by atomic mass is 10.2. The van der Waals surface area contributed by atoms with Crippen molar-refractivity contribution in [3.05, 3.63) is 27.4 Å². The van der Waals surface area contributed by atoms with Gasteiger partial charge in [0.15, 0.2) is 0 Å². The van der Waals surface area contributed by atoms with E-state index in [0.717, 1.165) is 17.2 Å². The second-order valence-corrected chi connectivity index (χ2v) is 5.13. The first-order chi connectivity index (χ1) is 5.75. The first-order valence-corrected chi connectivity index (χ1v) is 5.49. The fraction of sp³-hybridized carbons (Fsp3) is 0.333. The van der Waals surface area contributed by atoms with E-state index in [-0.39, 0.29) is 5.38 Å². The summed E-state index contributed by atoms with van der Waals surface area (Å²) in [5, 5.41) is 0.223. The summed E-state index contributed by atoms with van der Waals surface area (Å²) in [6, 6.07) is 4.00. The molecule has 2 rings (SSSR count). The molecule has 0 amide bonds. The quantitative estimate of drug-likeness (QED) is 0.621. The number of rotatable bonds is 1. The maximum atomic E-state index is 5.96. The fourth-order valence-corrected chi connectivity index (χ4v) is 2.73. The van der Waals surface area contributed by atoms with Crippen LogP contribution in [0.15, 0.2) is 18.2 Å². The Morgan fingerprint density at radius 3 is 2.75 bits per heavy atom. The third kappa shape index (κ3) is 1.68. The number of thiophene rings is 1. The normalized spacial score (nSPS) is 22.8. The average Bonchev–Trinajstić information content (AvgIpc) is 2.58. The molecule has 0 aromatic carbocycles. The maximum Gasteiger partial charge on any atom is 0.0934 e. The maximum absolute atomic E-state index is 5.96. The lowest BCUT2D eigenvalue weighted by Crippen LogP contribution is -1.81. The monoisotopic (exact) mass is 218 g/mol. The van der Waals surface area contributed by atoms with Gasteiger partial charge in [-0.05, 0) is 30.5 Å². The van der Waals surface area contributed by atoms with Crippen LogP contribution in [0.1, 0.15) is 17.7 Å². The number of hydrogen-bond acceptors (Lipinski definition) is 1. The molecular formula is C9H8Cl2S. The van der Waals surface area contributed by atoms with E-state index in [1.165, 1.54) is 10.5 Å². The van der Waals surface area contributed by atoms with Gasteiger partial charge >= 0.3 is 0 Å². The Balaban J connectivity index is 2.26. The number of halogens is 2. The third-order valence-electron chi connectivity index (χ3n) is 1.96. The van der Waals surface area contributed by atoms with Crippen LogP contribution >= 0.6 is 34.5 Å². The third-order valence-corrected chi connectivity index (χ3v) is 3.61. The molecule has 1 aliphatic rings. The lowest BCUT2D eigenvalue weighted by Gasteiger charge is -1.93. The molecular weight excluding hydrogens is 211 g/mol. The number of hydrogen-bond donors (Lipinski definition) is 0. The van der Waals surface area contributed by atoms with Crippen molar-refractivity contribution in [2.24, 2.45) is 0 Å². The molecule has 64 valence electrons. The first kappa shape index (κ1) is 8.61. The van der Waals surface area contributed by atoms with Gasteiger partial charge < -0.3 is 0 Å². The minimum atomic E-state index is 0.223. The predicted molar refractivity (Wildman–Crippen MR) is 56.2 cm³/mol. The summed E-state index contributed by atoms with van der Waals surface area (Å²) < 4.78 is 0.851. The van der Waals surface area contributed by atoms with E-state index in [0.29, 0.717) is 0 Å². The van der Waals surface area contributed by atoms with Crippen LogP contribution < -0.4 is 0 Å². The van der Waals surface area contributed by atoms with Gasteiger partial charge in [-0.15, -0.1) is 22.9 Å². The van der Waals surface area contributed by atoms with Crippen LogP contribution in [0.5, 0.6) is 0 Å². The summed E-state index contributed by atoms with van der Waals surface area (Å²) in [4.78, 5) is 1.27. The molecule has 0 saturated heterocycles. The van der Waals surface area contributed by atoms with Crippen LogP contribution in [-0.4, -0.2) is 5.38 Å². The van der Waals surface area contributed by atoms with E-state index in [9.17, 15) is 0 Å². The highest BCUT2D eigenvalue weighted by atomic mass is 35.5. The van der Waals surface area contributed by atoms with Gasteiger partial charge in [0.2, 0.25) is 0 Å². The minimum absolute atomic E-state index is 0.223. The van der Waals surface area contributed by atoms with E-state index in [1.807, 2.05) is 6.07 Å². The van der Waals surface area contributed by atoms with Crippen molar-refractivity contribution < 1.29 is 0 Å². The summed E-state index contributed by atoms with van der Waals surface area (Å²) in [5.74, 6) is 0. The summed E-state index contributed by atoms with van der Waals surface area (Å²) in [6.07, 6.45) is 4.28. The van der Waals surface area contributed by atoms with E-state index >= 15 is 0 Å². The van der Waals surface area contributed by atoms with E-state index in [4.69, 9.17) is 23.2 Å². The van der Waals surface area contributed by atoms with Crippen LogP contribution in [0, 0.1) is 0 Å². The molecule has 1 aliphatic carbocycles. The molecule has 0 nitrogen and oxygen atoms in total. The SMILES string of the molecule is Clc1ccc(C2=CC(Cl)CC2)s1. The topological polar surface area (TPSA) is 0 Å². The standard InChI is InChI=1S/C9H8Cl2S/c10-7-2-1-6(5-7)8-3-4-9(11)12-8/h3-5,7H,1-2H2. The van der Waals surface area contributed by atoms with Gasteiger partial charge in [-0.3, -0.25) is 0 Å². The van der Waals surface area contributed by atoms with Crippen LogP contribution in [0.25, 0.3) is 5.57 Å². The van der Waals surface area contributed by atoms with Crippen molar-refractivity contribution in [3.63, 3.8) is 0 Å². The van der Waals surface area contributed by atoms with Crippen LogP contribution in [-0.2, 0) is 0 Å². The fourth-order valence-electron chi connectivity index (χ4n) is 1.37. The highest BCUT2D eigenvalue weighted by molar-refractivity contribution is 7.17. The average molecular weight is 219 g/mol. The molecule has 1 unspecified atom stereocenters. The van der Waals surface area contributed by atoms with Gasteiger partial charge in [-0.1, -0.05) is 17.7 Å². The van der Waals surface area contributed by atoms with Crippen molar-refractivity contribution in [2.75, 3.05) is 0 Å². The molecule has 3 heteroatoms. The van der Waals surface area contributed by atoms with E-state index in [1.54, 1.807) is 11.3 Å². The number of alkyl halides is 1. The van der Waals surface area contributed by atoms with Crippen molar-refractivity contribution in [1.29, 1.82) is 0 Å². The van der Waals surface area contributed by atoms with Gasteiger partial charge in [-0.25, -0.2) is 0 Å². The summed E-state index contributed by atoms with van der Waals surface area (Å²) in [6.45, 7) is 0. The van der Waals surface area contributed by atoms with Gasteiger partial charge in [0.25, 0.3) is 0 Å². The van der Waals surface area contributed by atoms with E-state index in [2.05, 4.69) is 12.1 Å². The van der Waals surface area contributed by atoms with Crippen LogP contribution in [0.2, 0.25) is 4.34 Å². The molecule has 0 saturated carbocycles. The Morgan fingerprint density at radius 1 is 1.42 bits per heavy atom. The molecule has 0 spiro atoms. The molecule has 0 bridgehead atoms. The Morgan fingerprint density at radius 2 is 2.25 bits per heavy atom. The molecule has 0 radical (unpaired) electrons. The lowest BCUT2D eigenvalue weighted by molar-refractivity contribution is 0.943. The van der Waals surface area contributed by atoms with E-state index < -0.39 is 0 Å². The Hall–Kier alpha value is 0.0200. The Kier molecular flexibility index (Phi) is 2.44. The largest absolute Gasteiger partial charge is 0.124 e. The van der Waals surface area contributed by atoms with Gasteiger partial charge in [0.1, 0.15) is 0 Å². The zero-order valence-electron chi connectivity index (χ0n) is 6.39. The molecule has 12 heavy (non-hydrogen) atoms. The molecule has 0 aliphatic heterocycles. The van der Waals surface area contributed by atoms with Gasteiger partial charge in [0, 0.05) is 4.88 Å². The zero-order valence-corrected chi connectivity index (χ0v) is 8.72. The second-order valence-electron chi connectivity index (χ2n) is 2.85. The molecule has 1 aromatic heterocycles. The van der Waals surface area contributed by atoms with Crippen molar-refractivity contribution in [1.82, 2.24) is 0 Å². The molecule has 1 atom stereocenters. The Labute approximate surface area is 85.8 Å². The predicted octanol–water partition coefficient (Wildman–Crippen LogP) is 4.19. The van der Waals surface area contributed by atoms with Crippen molar-refractivity contribution in [3.8, 4) is 0 Å². The molecule has 0 N–H and O–H groups in total. The smallest absolute Gasteiger partial charge is 0.0934 e.